The molecule has 18 heavy (non-hydrogen) atoms. The first-order valence-corrected chi connectivity index (χ1v) is 6.10. The highest BCUT2D eigenvalue weighted by molar-refractivity contribution is 5.96. The van der Waals surface area contributed by atoms with E-state index in [1.54, 1.807) is 13.2 Å². The van der Waals surface area contributed by atoms with Crippen molar-refractivity contribution >= 4 is 16.9 Å². The van der Waals surface area contributed by atoms with Gasteiger partial charge in [-0.3, -0.25) is 0 Å². The smallest absolute Gasteiger partial charge is 0.352 e. The van der Waals surface area contributed by atoms with Gasteiger partial charge in [0.25, 0.3) is 0 Å². The number of para-hydroxylation sites is 1. The van der Waals surface area contributed by atoms with Crippen LogP contribution in [0, 0.1) is 5.92 Å². The second-order valence-electron chi connectivity index (χ2n) is 4.79. The fourth-order valence-corrected chi connectivity index (χ4v) is 2.38. The lowest BCUT2D eigenvalue weighted by atomic mass is 10.2. The Bertz CT molecular complexity index is 611. The lowest BCUT2D eigenvalue weighted by molar-refractivity contribution is 0.0685. The molecule has 4 nitrogen and oxygen atoms in total. The van der Waals surface area contributed by atoms with E-state index in [0.717, 1.165) is 23.2 Å². The summed E-state index contributed by atoms with van der Waals surface area (Å²) >= 11 is 0. The molecular formula is C14H15NO3. The maximum absolute atomic E-state index is 11.3. The summed E-state index contributed by atoms with van der Waals surface area (Å²) in [5.74, 6) is 0.471. The van der Waals surface area contributed by atoms with Gasteiger partial charge in [0.15, 0.2) is 0 Å². The molecule has 0 unspecified atom stereocenters. The molecule has 1 aromatic carbocycles. The van der Waals surface area contributed by atoms with Gasteiger partial charge in [0, 0.05) is 11.9 Å². The summed E-state index contributed by atoms with van der Waals surface area (Å²) in [6.07, 6.45) is 2.38. The van der Waals surface area contributed by atoms with Gasteiger partial charge in [-0.05, 0) is 30.9 Å². The molecule has 1 N–H and O–H groups in total. The van der Waals surface area contributed by atoms with Crippen LogP contribution in [0.5, 0.6) is 5.75 Å². The summed E-state index contributed by atoms with van der Waals surface area (Å²) in [5, 5.41) is 10.2. The summed E-state index contributed by atoms with van der Waals surface area (Å²) in [4.78, 5) is 11.3. The number of methoxy groups -OCH3 is 1. The van der Waals surface area contributed by atoms with Crippen LogP contribution in [0.15, 0.2) is 24.3 Å². The number of carboxylic acid groups (broad SMARTS) is 1. The molecule has 0 radical (unpaired) electrons. The minimum atomic E-state index is -0.881. The van der Waals surface area contributed by atoms with Crippen LogP contribution in [0.3, 0.4) is 0 Å². The van der Waals surface area contributed by atoms with Crippen molar-refractivity contribution in [3.8, 4) is 5.75 Å². The van der Waals surface area contributed by atoms with Crippen LogP contribution in [0.2, 0.25) is 0 Å². The zero-order valence-corrected chi connectivity index (χ0v) is 10.2. The summed E-state index contributed by atoms with van der Waals surface area (Å²) in [5.41, 5.74) is 1.24. The molecule has 94 valence electrons. The molecule has 0 spiro atoms. The molecule has 0 saturated heterocycles. The molecule has 1 fully saturated rings. The number of aromatic nitrogens is 1. The largest absolute Gasteiger partial charge is 0.495 e. The fraction of sp³-hybridized carbons (Fsp3) is 0.357. The Morgan fingerprint density at radius 1 is 1.50 bits per heavy atom. The minimum Gasteiger partial charge on any atom is -0.495 e. The van der Waals surface area contributed by atoms with Crippen LogP contribution in [-0.4, -0.2) is 22.8 Å². The quantitative estimate of drug-likeness (QED) is 0.901. The van der Waals surface area contributed by atoms with E-state index in [9.17, 15) is 9.90 Å². The Kier molecular flexibility index (Phi) is 2.51. The topological polar surface area (TPSA) is 51.5 Å². The predicted molar refractivity (Wildman–Crippen MR) is 68.2 cm³/mol. The molecule has 1 saturated carbocycles. The number of fused-ring (bicyclic) bond motifs is 1. The molecule has 3 rings (SSSR count). The third-order valence-corrected chi connectivity index (χ3v) is 3.46. The van der Waals surface area contributed by atoms with E-state index in [4.69, 9.17) is 4.74 Å². The Balaban J connectivity index is 2.23. The second kappa shape index (κ2) is 4.05. The number of carboxylic acids is 1. The molecule has 0 amide bonds. The number of carbonyl (C=O) groups is 1. The number of nitrogens with zero attached hydrogens (tertiary/aromatic N) is 1. The monoisotopic (exact) mass is 245 g/mol. The predicted octanol–water partition coefficient (Wildman–Crippen LogP) is 2.76. The molecular weight excluding hydrogens is 230 g/mol. The van der Waals surface area contributed by atoms with Crippen LogP contribution in [0.1, 0.15) is 23.3 Å². The van der Waals surface area contributed by atoms with Gasteiger partial charge in [0.2, 0.25) is 0 Å². The van der Waals surface area contributed by atoms with E-state index in [1.165, 1.54) is 12.8 Å². The van der Waals surface area contributed by atoms with Crippen LogP contribution in [-0.2, 0) is 6.54 Å². The van der Waals surface area contributed by atoms with E-state index in [1.807, 2.05) is 22.8 Å². The molecule has 4 heteroatoms. The molecule has 2 aromatic rings. The Morgan fingerprint density at radius 3 is 2.89 bits per heavy atom. The molecule has 0 atom stereocenters. The highest BCUT2D eigenvalue weighted by Gasteiger charge is 2.26. The third kappa shape index (κ3) is 1.74. The Labute approximate surface area is 105 Å². The van der Waals surface area contributed by atoms with Crippen LogP contribution in [0.4, 0.5) is 0 Å². The summed E-state index contributed by atoms with van der Waals surface area (Å²) in [6.45, 7) is 0.769. The van der Waals surface area contributed by atoms with E-state index in [2.05, 4.69) is 0 Å². The van der Waals surface area contributed by atoms with Crippen LogP contribution < -0.4 is 4.74 Å². The van der Waals surface area contributed by atoms with E-state index >= 15 is 0 Å². The Morgan fingerprint density at radius 2 is 2.28 bits per heavy atom. The Hall–Kier alpha value is -1.97. The van der Waals surface area contributed by atoms with Gasteiger partial charge in [-0.1, -0.05) is 12.1 Å². The number of benzene rings is 1. The van der Waals surface area contributed by atoms with Gasteiger partial charge >= 0.3 is 5.97 Å². The van der Waals surface area contributed by atoms with Crippen molar-refractivity contribution in [3.63, 3.8) is 0 Å². The first kappa shape index (κ1) is 11.1. The molecule has 1 aliphatic rings. The van der Waals surface area contributed by atoms with Gasteiger partial charge in [-0.25, -0.2) is 4.79 Å². The molecule has 1 heterocycles. The van der Waals surface area contributed by atoms with Gasteiger partial charge in [0.05, 0.1) is 12.6 Å². The first-order valence-electron chi connectivity index (χ1n) is 6.10. The molecule has 0 aliphatic heterocycles. The van der Waals surface area contributed by atoms with Crippen molar-refractivity contribution < 1.29 is 14.6 Å². The number of ether oxygens (including phenoxy) is 1. The maximum atomic E-state index is 11.3. The zero-order valence-electron chi connectivity index (χ0n) is 10.2. The van der Waals surface area contributed by atoms with E-state index in [0.29, 0.717) is 11.6 Å². The van der Waals surface area contributed by atoms with Gasteiger partial charge < -0.3 is 14.4 Å². The van der Waals surface area contributed by atoms with Crippen LogP contribution in [0.25, 0.3) is 10.9 Å². The minimum absolute atomic E-state index is 0.349. The average molecular weight is 245 g/mol. The van der Waals surface area contributed by atoms with Crippen molar-refractivity contribution in [3.05, 3.63) is 30.0 Å². The van der Waals surface area contributed by atoms with Crippen molar-refractivity contribution in [1.82, 2.24) is 4.57 Å². The second-order valence-corrected chi connectivity index (χ2v) is 4.79. The first-order chi connectivity index (χ1) is 8.70. The molecule has 1 aromatic heterocycles. The highest BCUT2D eigenvalue weighted by Crippen LogP contribution is 2.35. The number of aromatic carboxylic acids is 1. The lowest BCUT2D eigenvalue weighted by Crippen LogP contribution is -2.09. The van der Waals surface area contributed by atoms with E-state index in [-0.39, 0.29) is 0 Å². The third-order valence-electron chi connectivity index (χ3n) is 3.46. The average Bonchev–Trinajstić information content (AvgIpc) is 3.09. The SMILES string of the molecule is COc1cccc2cc(C(=O)O)n(CC3CC3)c12. The summed E-state index contributed by atoms with van der Waals surface area (Å²) < 4.78 is 7.23. The number of hydrogen-bond donors (Lipinski definition) is 1. The zero-order chi connectivity index (χ0) is 12.7. The lowest BCUT2D eigenvalue weighted by Gasteiger charge is -2.10. The fourth-order valence-electron chi connectivity index (χ4n) is 2.38. The van der Waals surface area contributed by atoms with Gasteiger partial charge in [0.1, 0.15) is 11.4 Å². The van der Waals surface area contributed by atoms with Crippen molar-refractivity contribution in [2.75, 3.05) is 7.11 Å². The number of hydrogen-bond acceptors (Lipinski definition) is 2. The maximum Gasteiger partial charge on any atom is 0.352 e. The van der Waals surface area contributed by atoms with Crippen molar-refractivity contribution in [2.24, 2.45) is 5.92 Å². The van der Waals surface area contributed by atoms with Gasteiger partial charge in [-0.2, -0.15) is 0 Å². The normalized spacial score (nSPS) is 14.9. The molecule has 1 aliphatic carbocycles. The van der Waals surface area contributed by atoms with Gasteiger partial charge in [-0.15, -0.1) is 0 Å². The summed E-state index contributed by atoms with van der Waals surface area (Å²) in [7, 11) is 1.61. The van der Waals surface area contributed by atoms with Crippen molar-refractivity contribution in [1.29, 1.82) is 0 Å². The standard InChI is InChI=1S/C14H15NO3/c1-18-12-4-2-3-10-7-11(14(16)17)15(13(10)12)8-9-5-6-9/h2-4,7,9H,5-6,8H2,1H3,(H,16,17). The highest BCUT2D eigenvalue weighted by atomic mass is 16.5. The van der Waals surface area contributed by atoms with E-state index < -0.39 is 5.97 Å². The molecule has 0 bridgehead atoms. The number of rotatable bonds is 4. The summed E-state index contributed by atoms with van der Waals surface area (Å²) in [6, 6.07) is 7.40. The van der Waals surface area contributed by atoms with Crippen molar-refractivity contribution in [2.45, 2.75) is 19.4 Å². The van der Waals surface area contributed by atoms with Crippen LogP contribution >= 0.6 is 0 Å².